The minimum absolute atomic E-state index is 0.0348. The van der Waals surface area contributed by atoms with Gasteiger partial charge in [0.2, 0.25) is 0 Å². The SMILES string of the molecule is Cc1ccn(-c2cc(N3CCN(C(=O)c4cccc5c4OCCO5)CC3)ncn2)n1. The second-order valence-corrected chi connectivity index (χ2v) is 7.25. The number of carbonyl (C=O) groups excluding carboxylic acids is 1. The minimum Gasteiger partial charge on any atom is -0.486 e. The van der Waals surface area contributed by atoms with Crippen molar-refractivity contribution in [2.75, 3.05) is 44.3 Å². The third-order valence-electron chi connectivity index (χ3n) is 5.28. The maximum absolute atomic E-state index is 13.1. The summed E-state index contributed by atoms with van der Waals surface area (Å²) in [5, 5.41) is 4.40. The first kappa shape index (κ1) is 18.4. The molecule has 0 unspecified atom stereocenters. The van der Waals surface area contributed by atoms with Gasteiger partial charge in [-0.25, -0.2) is 14.6 Å². The first-order chi connectivity index (χ1) is 14.7. The molecule has 0 N–H and O–H groups in total. The van der Waals surface area contributed by atoms with E-state index in [-0.39, 0.29) is 5.91 Å². The van der Waals surface area contributed by atoms with Crippen LogP contribution < -0.4 is 14.4 Å². The lowest BCUT2D eigenvalue weighted by molar-refractivity contribution is 0.0736. The number of benzene rings is 1. The van der Waals surface area contributed by atoms with E-state index in [1.807, 2.05) is 42.3 Å². The van der Waals surface area contributed by atoms with E-state index in [0.29, 0.717) is 56.5 Å². The summed E-state index contributed by atoms with van der Waals surface area (Å²) in [6, 6.07) is 9.31. The molecule has 5 rings (SSSR count). The summed E-state index contributed by atoms with van der Waals surface area (Å²) in [5.74, 6) is 2.69. The largest absolute Gasteiger partial charge is 0.486 e. The first-order valence-corrected chi connectivity index (χ1v) is 9.96. The summed E-state index contributed by atoms with van der Waals surface area (Å²) >= 11 is 0. The molecule has 9 heteroatoms. The van der Waals surface area contributed by atoms with Crippen LogP contribution in [-0.4, -0.2) is 69.9 Å². The lowest BCUT2D eigenvalue weighted by Crippen LogP contribution is -2.49. The summed E-state index contributed by atoms with van der Waals surface area (Å²) in [5.41, 5.74) is 1.48. The highest BCUT2D eigenvalue weighted by Crippen LogP contribution is 2.34. The second kappa shape index (κ2) is 7.66. The molecule has 0 aliphatic carbocycles. The molecule has 0 atom stereocenters. The maximum atomic E-state index is 13.1. The Morgan fingerprint density at radius 3 is 2.60 bits per heavy atom. The Kier molecular flexibility index (Phi) is 4.70. The van der Waals surface area contributed by atoms with Crippen molar-refractivity contribution in [1.82, 2.24) is 24.6 Å². The molecular formula is C21H22N6O3. The third kappa shape index (κ3) is 3.42. The Balaban J connectivity index is 1.29. The van der Waals surface area contributed by atoms with E-state index in [0.717, 1.165) is 17.3 Å². The quantitative estimate of drug-likeness (QED) is 0.654. The van der Waals surface area contributed by atoms with E-state index in [4.69, 9.17) is 9.47 Å². The van der Waals surface area contributed by atoms with Crippen molar-refractivity contribution in [2.45, 2.75) is 6.92 Å². The van der Waals surface area contributed by atoms with E-state index in [2.05, 4.69) is 20.0 Å². The van der Waals surface area contributed by atoms with Crippen molar-refractivity contribution in [2.24, 2.45) is 0 Å². The predicted molar refractivity (Wildman–Crippen MR) is 109 cm³/mol. The number of rotatable bonds is 3. The van der Waals surface area contributed by atoms with E-state index < -0.39 is 0 Å². The number of hydrogen-bond donors (Lipinski definition) is 0. The van der Waals surface area contributed by atoms with Gasteiger partial charge in [0.25, 0.3) is 5.91 Å². The number of aryl methyl sites for hydroxylation is 1. The molecule has 2 aromatic heterocycles. The number of anilines is 1. The number of hydrogen-bond acceptors (Lipinski definition) is 7. The van der Waals surface area contributed by atoms with Crippen molar-refractivity contribution in [1.29, 1.82) is 0 Å². The van der Waals surface area contributed by atoms with Gasteiger partial charge in [-0.2, -0.15) is 5.10 Å². The minimum atomic E-state index is -0.0348. The summed E-state index contributed by atoms with van der Waals surface area (Å²) < 4.78 is 13.0. The highest BCUT2D eigenvalue weighted by atomic mass is 16.6. The fourth-order valence-electron chi connectivity index (χ4n) is 3.73. The molecule has 0 radical (unpaired) electrons. The number of piperazine rings is 1. The van der Waals surface area contributed by atoms with E-state index >= 15 is 0 Å². The van der Waals surface area contributed by atoms with Gasteiger partial charge in [0.1, 0.15) is 25.4 Å². The topological polar surface area (TPSA) is 85.6 Å². The van der Waals surface area contributed by atoms with Crippen LogP contribution in [0.3, 0.4) is 0 Å². The zero-order chi connectivity index (χ0) is 20.5. The number of ether oxygens (including phenoxy) is 2. The number of fused-ring (bicyclic) bond motifs is 1. The highest BCUT2D eigenvalue weighted by molar-refractivity contribution is 5.98. The van der Waals surface area contributed by atoms with Crippen LogP contribution in [0.25, 0.3) is 5.82 Å². The molecule has 1 aromatic carbocycles. The number of carbonyl (C=O) groups is 1. The van der Waals surface area contributed by atoms with Gasteiger partial charge < -0.3 is 19.3 Å². The molecule has 9 nitrogen and oxygen atoms in total. The molecule has 0 spiro atoms. The first-order valence-electron chi connectivity index (χ1n) is 9.96. The predicted octanol–water partition coefficient (Wildman–Crippen LogP) is 1.70. The zero-order valence-corrected chi connectivity index (χ0v) is 16.7. The fourth-order valence-corrected chi connectivity index (χ4v) is 3.73. The lowest BCUT2D eigenvalue weighted by Gasteiger charge is -2.35. The molecule has 2 aliphatic heterocycles. The number of aromatic nitrogens is 4. The lowest BCUT2D eigenvalue weighted by atomic mass is 10.1. The summed E-state index contributed by atoms with van der Waals surface area (Å²) in [4.78, 5) is 25.8. The van der Waals surface area contributed by atoms with Gasteiger partial charge >= 0.3 is 0 Å². The maximum Gasteiger partial charge on any atom is 0.257 e. The van der Waals surface area contributed by atoms with Gasteiger partial charge in [0.15, 0.2) is 17.3 Å². The summed E-state index contributed by atoms with van der Waals surface area (Å²) in [6.07, 6.45) is 3.43. The standard InChI is InChI=1S/C21H22N6O3/c1-15-5-6-27(24-15)19-13-18(22-14-23-19)25-7-9-26(10-8-25)21(28)16-3-2-4-17-20(16)30-12-11-29-17/h2-6,13-14H,7-12H2,1H3. The Morgan fingerprint density at radius 2 is 1.80 bits per heavy atom. The molecule has 1 amide bonds. The van der Waals surface area contributed by atoms with Crippen molar-refractivity contribution >= 4 is 11.7 Å². The van der Waals surface area contributed by atoms with Gasteiger partial charge in [0.05, 0.1) is 11.3 Å². The smallest absolute Gasteiger partial charge is 0.257 e. The number of para-hydroxylation sites is 1. The molecule has 154 valence electrons. The van der Waals surface area contributed by atoms with Crippen LogP contribution in [0.1, 0.15) is 16.1 Å². The fraction of sp³-hybridized carbons (Fsp3) is 0.333. The van der Waals surface area contributed by atoms with Crippen LogP contribution in [0.2, 0.25) is 0 Å². The van der Waals surface area contributed by atoms with Gasteiger partial charge in [-0.1, -0.05) is 6.07 Å². The molecular weight excluding hydrogens is 384 g/mol. The molecule has 30 heavy (non-hydrogen) atoms. The summed E-state index contributed by atoms with van der Waals surface area (Å²) in [7, 11) is 0. The Bertz CT molecular complexity index is 1070. The molecule has 0 bridgehead atoms. The van der Waals surface area contributed by atoms with Crippen LogP contribution in [0.4, 0.5) is 5.82 Å². The zero-order valence-electron chi connectivity index (χ0n) is 16.7. The molecule has 3 aromatic rings. The van der Waals surface area contributed by atoms with E-state index in [1.54, 1.807) is 17.1 Å². The van der Waals surface area contributed by atoms with Crippen molar-refractivity contribution in [3.8, 4) is 17.3 Å². The van der Waals surface area contributed by atoms with Crippen molar-refractivity contribution < 1.29 is 14.3 Å². The molecule has 1 fully saturated rings. The molecule has 0 saturated carbocycles. The van der Waals surface area contributed by atoms with Crippen LogP contribution >= 0.6 is 0 Å². The van der Waals surface area contributed by atoms with Gasteiger partial charge in [-0.15, -0.1) is 0 Å². The Morgan fingerprint density at radius 1 is 1.00 bits per heavy atom. The number of nitrogens with zero attached hydrogens (tertiary/aromatic N) is 6. The average Bonchev–Trinajstić information content (AvgIpc) is 3.25. The van der Waals surface area contributed by atoms with Crippen LogP contribution in [0, 0.1) is 6.92 Å². The van der Waals surface area contributed by atoms with Crippen molar-refractivity contribution in [3.63, 3.8) is 0 Å². The van der Waals surface area contributed by atoms with Crippen LogP contribution in [0.15, 0.2) is 42.9 Å². The van der Waals surface area contributed by atoms with Gasteiger partial charge in [-0.3, -0.25) is 4.79 Å². The van der Waals surface area contributed by atoms with E-state index in [1.165, 1.54) is 0 Å². The molecule has 2 aliphatic rings. The van der Waals surface area contributed by atoms with Crippen LogP contribution in [-0.2, 0) is 0 Å². The van der Waals surface area contributed by atoms with Gasteiger partial charge in [0, 0.05) is 38.4 Å². The number of amides is 1. The monoisotopic (exact) mass is 406 g/mol. The second-order valence-electron chi connectivity index (χ2n) is 7.25. The molecule has 4 heterocycles. The van der Waals surface area contributed by atoms with Gasteiger partial charge in [-0.05, 0) is 25.1 Å². The normalized spacial score (nSPS) is 15.9. The Hall–Kier alpha value is -3.62. The van der Waals surface area contributed by atoms with Crippen LogP contribution in [0.5, 0.6) is 11.5 Å². The van der Waals surface area contributed by atoms with Crippen molar-refractivity contribution in [3.05, 3.63) is 54.1 Å². The molecule has 1 saturated heterocycles. The Labute approximate surface area is 173 Å². The average molecular weight is 406 g/mol. The van der Waals surface area contributed by atoms with E-state index in [9.17, 15) is 4.79 Å². The summed E-state index contributed by atoms with van der Waals surface area (Å²) in [6.45, 7) is 5.47. The highest BCUT2D eigenvalue weighted by Gasteiger charge is 2.27. The third-order valence-corrected chi connectivity index (χ3v) is 5.28.